The first kappa shape index (κ1) is 21.2. The van der Waals surface area contributed by atoms with Gasteiger partial charge in [0.25, 0.3) is 5.91 Å². The third-order valence-corrected chi connectivity index (χ3v) is 7.06. The van der Waals surface area contributed by atoms with Gasteiger partial charge in [0.2, 0.25) is 0 Å². The van der Waals surface area contributed by atoms with Crippen molar-refractivity contribution in [1.82, 2.24) is 9.88 Å². The molecule has 5 rings (SSSR count). The average Bonchev–Trinajstić information content (AvgIpc) is 3.29. The molecule has 1 fully saturated rings. The molecule has 1 aliphatic heterocycles. The van der Waals surface area contributed by atoms with E-state index >= 15 is 0 Å². The normalized spacial score (nSPS) is 14.2. The van der Waals surface area contributed by atoms with Gasteiger partial charge in [-0.15, -0.1) is 11.3 Å². The zero-order valence-electron chi connectivity index (χ0n) is 18.0. The molecule has 2 N–H and O–H groups in total. The lowest BCUT2D eigenvalue weighted by Crippen LogP contribution is -2.37. The van der Waals surface area contributed by atoms with E-state index in [9.17, 15) is 9.59 Å². The van der Waals surface area contributed by atoms with Crippen LogP contribution < -0.4 is 10.6 Å². The summed E-state index contributed by atoms with van der Waals surface area (Å²) in [5.41, 5.74) is 3.04. The number of rotatable bonds is 4. The van der Waals surface area contributed by atoms with E-state index in [0.717, 1.165) is 37.1 Å². The molecule has 1 saturated heterocycles. The number of amides is 3. The first-order chi connectivity index (χ1) is 16.2. The van der Waals surface area contributed by atoms with Gasteiger partial charge in [0, 0.05) is 35.9 Å². The van der Waals surface area contributed by atoms with Gasteiger partial charge >= 0.3 is 6.03 Å². The summed E-state index contributed by atoms with van der Waals surface area (Å²) in [4.78, 5) is 31.8. The molecule has 1 aromatic heterocycles. The molecule has 0 radical (unpaired) electrons. The quantitative estimate of drug-likeness (QED) is 0.398. The highest BCUT2D eigenvalue weighted by molar-refractivity contribution is 7.18. The number of piperidine rings is 1. The van der Waals surface area contributed by atoms with Crippen LogP contribution in [0.4, 0.5) is 16.2 Å². The second kappa shape index (κ2) is 9.42. The second-order valence-electron chi connectivity index (χ2n) is 8.11. The maximum Gasteiger partial charge on any atom is 0.323 e. The van der Waals surface area contributed by atoms with Gasteiger partial charge in [-0.3, -0.25) is 4.79 Å². The molecule has 0 saturated carbocycles. The number of nitrogens with one attached hydrogen (secondary N) is 2. The number of para-hydroxylation sites is 2. The van der Waals surface area contributed by atoms with Crippen LogP contribution >= 0.6 is 11.3 Å². The van der Waals surface area contributed by atoms with Crippen LogP contribution in [0.25, 0.3) is 10.2 Å². The zero-order chi connectivity index (χ0) is 22.6. The van der Waals surface area contributed by atoms with Gasteiger partial charge in [0.15, 0.2) is 0 Å². The van der Waals surface area contributed by atoms with Crippen molar-refractivity contribution in [1.29, 1.82) is 0 Å². The number of benzene rings is 3. The number of carbonyl (C=O) groups is 2. The van der Waals surface area contributed by atoms with Crippen molar-refractivity contribution in [2.24, 2.45) is 0 Å². The number of fused-ring (bicyclic) bond motifs is 1. The molecule has 0 atom stereocenters. The fraction of sp³-hybridized carbons (Fsp3) is 0.192. The van der Waals surface area contributed by atoms with Crippen molar-refractivity contribution < 1.29 is 9.59 Å². The smallest absolute Gasteiger partial charge is 0.323 e. The van der Waals surface area contributed by atoms with Gasteiger partial charge in [-0.25, -0.2) is 9.78 Å². The van der Waals surface area contributed by atoms with Gasteiger partial charge in [-0.1, -0.05) is 30.3 Å². The standard InChI is InChI=1S/C26H24N4O2S/c31-25(19-10-12-21(13-11-19)28-26(32)27-20-6-2-1-3-7-20)30-16-14-18(15-17-30)24-29-22-8-4-5-9-23(22)33-24/h1-13,18H,14-17H2,(H2,27,28,32). The molecule has 1 aliphatic rings. The zero-order valence-corrected chi connectivity index (χ0v) is 18.8. The lowest BCUT2D eigenvalue weighted by atomic mass is 9.97. The Balaban J connectivity index is 1.16. The molecular weight excluding hydrogens is 432 g/mol. The van der Waals surface area contributed by atoms with Crippen LogP contribution in [0.3, 0.4) is 0 Å². The molecule has 0 unspecified atom stereocenters. The molecule has 7 heteroatoms. The summed E-state index contributed by atoms with van der Waals surface area (Å²) in [7, 11) is 0. The van der Waals surface area contributed by atoms with E-state index in [1.807, 2.05) is 47.4 Å². The molecule has 166 valence electrons. The highest BCUT2D eigenvalue weighted by Gasteiger charge is 2.26. The van der Waals surface area contributed by atoms with Gasteiger partial charge in [-0.05, 0) is 61.4 Å². The Bertz CT molecular complexity index is 1230. The number of carbonyl (C=O) groups excluding carboxylic acids is 2. The Hall–Kier alpha value is -3.71. The van der Waals surface area contributed by atoms with E-state index < -0.39 is 0 Å². The van der Waals surface area contributed by atoms with E-state index in [4.69, 9.17) is 4.98 Å². The van der Waals surface area contributed by atoms with Gasteiger partial charge < -0.3 is 15.5 Å². The maximum absolute atomic E-state index is 13.0. The maximum atomic E-state index is 13.0. The molecular formula is C26H24N4O2S. The number of urea groups is 1. The van der Waals surface area contributed by atoms with E-state index in [1.165, 1.54) is 9.71 Å². The first-order valence-corrected chi connectivity index (χ1v) is 11.9. The number of hydrogen-bond acceptors (Lipinski definition) is 4. The van der Waals surface area contributed by atoms with E-state index in [0.29, 0.717) is 17.2 Å². The topological polar surface area (TPSA) is 74.3 Å². The van der Waals surface area contributed by atoms with Gasteiger partial charge in [-0.2, -0.15) is 0 Å². The summed E-state index contributed by atoms with van der Waals surface area (Å²) in [6.07, 6.45) is 1.84. The van der Waals surface area contributed by atoms with Crippen LogP contribution in [0.5, 0.6) is 0 Å². The van der Waals surface area contributed by atoms with Gasteiger partial charge in [0.1, 0.15) is 0 Å². The lowest BCUT2D eigenvalue weighted by Gasteiger charge is -2.31. The minimum atomic E-state index is -0.322. The summed E-state index contributed by atoms with van der Waals surface area (Å²) in [6, 6.07) is 24.2. The summed E-state index contributed by atoms with van der Waals surface area (Å²) in [5.74, 6) is 0.430. The Morgan fingerprint density at radius 3 is 2.15 bits per heavy atom. The lowest BCUT2D eigenvalue weighted by molar-refractivity contribution is 0.0713. The summed E-state index contributed by atoms with van der Waals surface area (Å²) < 4.78 is 1.22. The molecule has 0 spiro atoms. The SMILES string of the molecule is O=C(Nc1ccccc1)Nc1ccc(C(=O)N2CCC(c3nc4ccccc4s3)CC2)cc1. The number of likely N-dealkylation sites (tertiary alicyclic amines) is 1. The highest BCUT2D eigenvalue weighted by Crippen LogP contribution is 2.34. The molecule has 2 heterocycles. The van der Waals surface area contributed by atoms with E-state index in [2.05, 4.69) is 22.8 Å². The van der Waals surface area contributed by atoms with Crippen LogP contribution in [0.2, 0.25) is 0 Å². The molecule has 0 aliphatic carbocycles. The minimum absolute atomic E-state index is 0.0260. The van der Waals surface area contributed by atoms with E-state index in [-0.39, 0.29) is 11.9 Å². The van der Waals surface area contributed by atoms with Gasteiger partial charge in [0.05, 0.1) is 15.2 Å². The number of hydrogen-bond donors (Lipinski definition) is 2. The molecule has 33 heavy (non-hydrogen) atoms. The van der Waals surface area contributed by atoms with Crippen molar-refractivity contribution >= 4 is 44.9 Å². The summed E-state index contributed by atoms with van der Waals surface area (Å²) in [6.45, 7) is 1.44. The number of thiazole rings is 1. The van der Waals surface area contributed by atoms with Crippen molar-refractivity contribution in [3.8, 4) is 0 Å². The highest BCUT2D eigenvalue weighted by atomic mass is 32.1. The third kappa shape index (κ3) is 4.88. The van der Waals surface area contributed by atoms with Crippen LogP contribution in [0, 0.1) is 0 Å². The summed E-state index contributed by atoms with van der Waals surface area (Å²) >= 11 is 1.76. The van der Waals surface area contributed by atoms with Crippen LogP contribution in [-0.2, 0) is 0 Å². The van der Waals surface area contributed by atoms with E-state index in [1.54, 1.807) is 35.6 Å². The van der Waals surface area contributed by atoms with Crippen molar-refractivity contribution in [2.75, 3.05) is 23.7 Å². The van der Waals surface area contributed by atoms with Crippen LogP contribution in [-0.4, -0.2) is 34.9 Å². The first-order valence-electron chi connectivity index (χ1n) is 11.0. The number of nitrogens with zero attached hydrogens (tertiary/aromatic N) is 2. The molecule has 0 bridgehead atoms. The molecule has 3 amide bonds. The molecule has 6 nitrogen and oxygen atoms in total. The van der Waals surface area contributed by atoms with Crippen molar-refractivity contribution in [3.05, 3.63) is 89.4 Å². The monoisotopic (exact) mass is 456 g/mol. The predicted octanol–water partition coefficient (Wildman–Crippen LogP) is 5.96. The Labute approximate surface area is 196 Å². The minimum Gasteiger partial charge on any atom is -0.339 e. The third-order valence-electron chi connectivity index (χ3n) is 5.86. The Morgan fingerprint density at radius 1 is 0.818 bits per heavy atom. The average molecular weight is 457 g/mol. The largest absolute Gasteiger partial charge is 0.339 e. The van der Waals surface area contributed by atoms with Crippen LogP contribution in [0.1, 0.15) is 34.1 Å². The number of anilines is 2. The Kier molecular flexibility index (Phi) is 6.04. The molecule has 4 aromatic rings. The van der Waals surface area contributed by atoms with Crippen molar-refractivity contribution in [2.45, 2.75) is 18.8 Å². The Morgan fingerprint density at radius 2 is 1.45 bits per heavy atom. The van der Waals surface area contributed by atoms with Crippen molar-refractivity contribution in [3.63, 3.8) is 0 Å². The molecule has 3 aromatic carbocycles. The summed E-state index contributed by atoms with van der Waals surface area (Å²) in [5, 5.41) is 6.74. The predicted molar refractivity (Wildman–Crippen MR) is 133 cm³/mol. The second-order valence-corrected chi connectivity index (χ2v) is 9.17. The number of aromatic nitrogens is 1. The fourth-order valence-corrected chi connectivity index (χ4v) is 5.22. The van der Waals surface area contributed by atoms with Crippen LogP contribution in [0.15, 0.2) is 78.9 Å². The fourth-order valence-electron chi connectivity index (χ4n) is 4.09.